The molecule has 10 rings (SSSR count). The van der Waals surface area contributed by atoms with E-state index in [0.717, 1.165) is 62.6 Å². The molecule has 0 atom stereocenters. The topological polar surface area (TPSA) is 177 Å². The quantitative estimate of drug-likeness (QED) is 0.113. The van der Waals surface area contributed by atoms with Gasteiger partial charge < -0.3 is 31.1 Å². The fourth-order valence-corrected chi connectivity index (χ4v) is 11.6. The van der Waals surface area contributed by atoms with E-state index in [1.165, 1.54) is 15.4 Å². The number of anilines is 2. The number of aliphatic hydroxyl groups is 2. The number of amides is 4. The lowest BCUT2D eigenvalue weighted by Gasteiger charge is -2.50. The molecule has 4 heterocycles. The Labute approximate surface area is 402 Å². The molecule has 4 aliphatic carbocycles. The summed E-state index contributed by atoms with van der Waals surface area (Å²) in [5.41, 5.74) is 5.84. The molecule has 4 saturated carbocycles. The number of alkyl halides is 6. The second-order valence-corrected chi connectivity index (χ2v) is 20.5. The summed E-state index contributed by atoms with van der Waals surface area (Å²) in [6, 6.07) is 19.5. The fourth-order valence-electron chi connectivity index (χ4n) is 11.6. The minimum Gasteiger partial charge on any atom is -0.388 e. The summed E-state index contributed by atoms with van der Waals surface area (Å²) >= 11 is 0. The molecular formula is C50H60F6N10O4. The normalized spacial score (nSPS) is 28.4. The minimum absolute atomic E-state index is 0.201. The van der Waals surface area contributed by atoms with Gasteiger partial charge in [-0.15, -0.1) is 0 Å². The second-order valence-electron chi connectivity index (χ2n) is 20.5. The highest BCUT2D eigenvalue weighted by Gasteiger charge is 2.58. The number of urea groups is 2. The predicted octanol–water partition coefficient (Wildman–Crippen LogP) is 8.29. The first kappa shape index (κ1) is 49.5. The van der Waals surface area contributed by atoms with Gasteiger partial charge in [0.25, 0.3) is 0 Å². The lowest BCUT2D eigenvalue weighted by Crippen LogP contribution is -2.59. The molecule has 4 aromatic rings. The van der Waals surface area contributed by atoms with Crippen LogP contribution in [0.25, 0.3) is 0 Å². The third-order valence-electron chi connectivity index (χ3n) is 16.2. The van der Waals surface area contributed by atoms with Crippen LogP contribution in [0, 0.1) is 0 Å². The zero-order valence-corrected chi connectivity index (χ0v) is 39.2. The molecule has 2 aliphatic heterocycles. The molecule has 376 valence electrons. The smallest absolute Gasteiger partial charge is 0.388 e. The Kier molecular flexibility index (Phi) is 13.0. The van der Waals surface area contributed by atoms with E-state index >= 15 is 0 Å². The molecule has 0 radical (unpaired) electrons. The number of β-amino-alcohol motifs (C(OH)–C–C–N with tert-alkyl or cyclic N) is 2. The van der Waals surface area contributed by atoms with Crippen molar-refractivity contribution in [2.45, 2.75) is 143 Å². The molecule has 5 N–H and O–H groups in total. The van der Waals surface area contributed by atoms with Crippen LogP contribution >= 0.6 is 0 Å². The summed E-state index contributed by atoms with van der Waals surface area (Å²) in [4.78, 5) is 47.5. The number of hydrogen-bond donors (Lipinski definition) is 4. The highest BCUT2D eigenvalue weighted by Crippen LogP contribution is 2.51. The number of aromatic nitrogens is 4. The molecule has 0 bridgehead atoms. The number of nitrogens with one attached hydrogen (secondary N) is 1. The third-order valence-corrected chi connectivity index (χ3v) is 16.2. The molecule has 2 saturated heterocycles. The summed E-state index contributed by atoms with van der Waals surface area (Å²) in [5, 5.41) is 25.5. The number of hydrogen-bond acceptors (Lipinski definition) is 10. The van der Waals surface area contributed by atoms with Crippen molar-refractivity contribution in [2.24, 2.45) is 5.73 Å². The molecule has 70 heavy (non-hydrogen) atoms. The van der Waals surface area contributed by atoms with Gasteiger partial charge in [-0.25, -0.2) is 29.5 Å². The van der Waals surface area contributed by atoms with Crippen molar-refractivity contribution in [3.05, 3.63) is 108 Å². The Bertz CT molecular complexity index is 2480. The highest BCUT2D eigenvalue weighted by atomic mass is 19.4. The van der Waals surface area contributed by atoms with E-state index in [0.29, 0.717) is 77.3 Å². The first-order valence-corrected chi connectivity index (χ1v) is 24.2. The van der Waals surface area contributed by atoms with Crippen LogP contribution in [0.1, 0.15) is 120 Å². The lowest BCUT2D eigenvalue weighted by atomic mass is 9.68. The van der Waals surface area contributed by atoms with Gasteiger partial charge in [0, 0.05) is 11.1 Å². The molecule has 4 amide bonds. The number of benzene rings is 2. The van der Waals surface area contributed by atoms with Crippen LogP contribution in [-0.2, 0) is 23.4 Å². The first-order chi connectivity index (χ1) is 33.1. The molecule has 14 nitrogen and oxygen atoms in total. The third kappa shape index (κ3) is 9.43. The van der Waals surface area contributed by atoms with Crippen LogP contribution in [0.3, 0.4) is 0 Å². The van der Waals surface area contributed by atoms with Gasteiger partial charge in [-0.2, -0.15) is 26.3 Å². The van der Waals surface area contributed by atoms with Gasteiger partial charge in [-0.3, -0.25) is 9.80 Å². The Morgan fingerprint density at radius 1 is 0.571 bits per heavy atom. The Morgan fingerprint density at radius 2 is 0.943 bits per heavy atom. The fraction of sp³-hybridized carbons (Fsp3) is 0.560. The summed E-state index contributed by atoms with van der Waals surface area (Å²) in [6.45, 7) is 3.93. The van der Waals surface area contributed by atoms with Crippen LogP contribution in [-0.4, -0.2) is 107 Å². The SMILES string of the molecule is CCNC1(c2ccccc2)CCC2(CC1)CN(c1cnc(C(F)(F)F)nc1)C(=O)N2CC1(O)CCC1.NC1(c2ccccc2)CCC2(CC1)CN(c1cnc(C(F)(F)F)nc1)C(=O)N2CC1(O)CCC1. The lowest BCUT2D eigenvalue weighted by molar-refractivity contribution is -0.145. The van der Waals surface area contributed by atoms with E-state index in [9.17, 15) is 46.1 Å². The molecule has 2 aromatic heterocycles. The monoisotopic (exact) mass is 978 g/mol. The van der Waals surface area contributed by atoms with Crippen molar-refractivity contribution >= 4 is 23.4 Å². The average molecular weight is 979 g/mol. The summed E-state index contributed by atoms with van der Waals surface area (Å²) in [5.74, 6) is -2.48. The van der Waals surface area contributed by atoms with Crippen molar-refractivity contribution in [3.63, 3.8) is 0 Å². The summed E-state index contributed by atoms with van der Waals surface area (Å²) in [7, 11) is 0. The van der Waals surface area contributed by atoms with Crippen molar-refractivity contribution in [3.8, 4) is 0 Å². The van der Waals surface area contributed by atoms with Gasteiger partial charge in [0.05, 0.1) is 84.6 Å². The van der Waals surface area contributed by atoms with Gasteiger partial charge in [0.2, 0.25) is 11.6 Å². The number of rotatable bonds is 10. The van der Waals surface area contributed by atoms with Gasteiger partial charge >= 0.3 is 24.4 Å². The maximum atomic E-state index is 13.7. The molecule has 2 spiro atoms. The van der Waals surface area contributed by atoms with Crippen molar-refractivity contribution < 1.29 is 46.1 Å². The minimum atomic E-state index is -4.65. The van der Waals surface area contributed by atoms with Crippen LogP contribution in [0.4, 0.5) is 47.3 Å². The van der Waals surface area contributed by atoms with Gasteiger partial charge in [-0.1, -0.05) is 67.6 Å². The van der Waals surface area contributed by atoms with E-state index in [2.05, 4.69) is 44.3 Å². The van der Waals surface area contributed by atoms with Crippen LogP contribution in [0.2, 0.25) is 0 Å². The zero-order valence-electron chi connectivity index (χ0n) is 39.2. The highest BCUT2D eigenvalue weighted by molar-refractivity contribution is 5.96. The van der Waals surface area contributed by atoms with Crippen LogP contribution < -0.4 is 20.9 Å². The standard InChI is InChI=1S/C26H32F3N5O2.C24H28F3N5O2/c1-2-32-25(19-7-4-3-5-8-19)13-11-23(12-14-25)17-33(20-15-30-21(31-16-20)26(27,28)29)22(35)34(23)18-24(36)9-6-10-24;25-24(26,27)19-29-13-18(14-30-19)31-15-21(32(20(31)33)16-22(34)7-4-8-22)9-11-23(28,12-10-21)17-5-2-1-3-6-17/h3-5,7-8,15-16,32,36H,2,6,9-14,17-18H2,1H3;1-3,5-6,13-14,34H,4,7-12,15-16,28H2. The van der Waals surface area contributed by atoms with Crippen molar-refractivity contribution in [1.82, 2.24) is 35.1 Å². The largest absolute Gasteiger partial charge is 0.451 e. The van der Waals surface area contributed by atoms with E-state index in [1.54, 1.807) is 9.80 Å². The number of nitrogens with zero attached hydrogens (tertiary/aromatic N) is 8. The Hall–Kier alpha value is -5.44. The second kappa shape index (κ2) is 18.3. The van der Waals surface area contributed by atoms with Crippen molar-refractivity contribution in [2.75, 3.05) is 42.5 Å². The van der Waals surface area contributed by atoms with Crippen LogP contribution in [0.5, 0.6) is 0 Å². The molecule has 2 aromatic carbocycles. The number of nitrogens with two attached hydrogens (primary N) is 1. The molecule has 0 unspecified atom stereocenters. The van der Waals surface area contributed by atoms with E-state index < -0.39 is 51.8 Å². The summed E-state index contributed by atoms with van der Waals surface area (Å²) < 4.78 is 77.7. The Morgan fingerprint density at radius 3 is 1.29 bits per heavy atom. The van der Waals surface area contributed by atoms with Gasteiger partial charge in [0.15, 0.2) is 0 Å². The maximum Gasteiger partial charge on any atom is 0.451 e. The van der Waals surface area contributed by atoms with E-state index in [1.807, 2.05) is 48.5 Å². The van der Waals surface area contributed by atoms with E-state index in [-0.39, 0.29) is 42.1 Å². The average Bonchev–Trinajstić information content (AvgIpc) is 3.75. The molecule has 6 aliphatic rings. The Balaban J connectivity index is 0.000000174. The number of carbonyl (C=O) groups excluding carboxylic acids is 2. The maximum absolute atomic E-state index is 13.7. The van der Waals surface area contributed by atoms with E-state index in [4.69, 9.17) is 5.73 Å². The molecule has 6 fully saturated rings. The molecule has 20 heteroatoms. The predicted molar refractivity (Wildman–Crippen MR) is 247 cm³/mol. The van der Waals surface area contributed by atoms with Gasteiger partial charge in [-0.05, 0) is 108 Å². The zero-order chi connectivity index (χ0) is 49.8. The van der Waals surface area contributed by atoms with Crippen molar-refractivity contribution in [1.29, 1.82) is 0 Å². The summed E-state index contributed by atoms with van der Waals surface area (Å²) in [6.07, 6.45) is 4.82. The number of halogens is 6. The first-order valence-electron chi connectivity index (χ1n) is 24.2. The van der Waals surface area contributed by atoms with Gasteiger partial charge in [0.1, 0.15) is 0 Å². The molecular weight excluding hydrogens is 919 g/mol. The van der Waals surface area contributed by atoms with Crippen LogP contribution in [0.15, 0.2) is 85.5 Å². The number of carbonyl (C=O) groups is 2.